The Morgan fingerprint density at radius 3 is 3.11 bits per heavy atom. The highest BCUT2D eigenvalue weighted by Gasteiger charge is 1.99. The molecular weight excluding hydrogens is 226 g/mol. The minimum absolute atomic E-state index is 0.0960. The molecule has 4 heteroatoms. The van der Waals surface area contributed by atoms with Gasteiger partial charge in [-0.05, 0) is 18.2 Å². The van der Waals surface area contributed by atoms with Crippen molar-refractivity contribution in [2.24, 2.45) is 0 Å². The first-order chi connectivity index (χ1) is 8.81. The lowest BCUT2D eigenvalue weighted by Crippen LogP contribution is -2.02. The van der Waals surface area contributed by atoms with Crippen molar-refractivity contribution in [1.29, 1.82) is 0 Å². The standard InChI is InChI=1S/C14H15N3O/c1-2-12-4-3-5-14(8-12)15-9-13-10-16-17(11-13)6-7-18/h1,3-5,8,10-11,15,18H,6-7,9H2. The summed E-state index contributed by atoms with van der Waals surface area (Å²) in [4.78, 5) is 0. The van der Waals surface area contributed by atoms with Crippen LogP contribution in [0.5, 0.6) is 0 Å². The van der Waals surface area contributed by atoms with E-state index >= 15 is 0 Å². The van der Waals surface area contributed by atoms with E-state index in [-0.39, 0.29) is 6.61 Å². The van der Waals surface area contributed by atoms with E-state index in [0.717, 1.165) is 16.8 Å². The third kappa shape index (κ3) is 3.12. The van der Waals surface area contributed by atoms with Gasteiger partial charge in [0.15, 0.2) is 0 Å². The molecule has 0 aliphatic rings. The quantitative estimate of drug-likeness (QED) is 0.779. The number of aliphatic hydroxyl groups is 1. The van der Waals surface area contributed by atoms with Gasteiger partial charge in [0.2, 0.25) is 0 Å². The van der Waals surface area contributed by atoms with Gasteiger partial charge in [0.25, 0.3) is 0 Å². The van der Waals surface area contributed by atoms with E-state index in [9.17, 15) is 0 Å². The van der Waals surface area contributed by atoms with Crippen LogP contribution in [0, 0.1) is 12.3 Å². The first-order valence-corrected chi connectivity index (χ1v) is 5.74. The van der Waals surface area contributed by atoms with Crippen LogP contribution in [-0.4, -0.2) is 21.5 Å². The van der Waals surface area contributed by atoms with E-state index in [2.05, 4.69) is 16.3 Å². The second-order valence-electron chi connectivity index (χ2n) is 3.91. The molecule has 2 aromatic rings. The zero-order valence-electron chi connectivity index (χ0n) is 10.0. The van der Waals surface area contributed by atoms with Crippen LogP contribution in [0.25, 0.3) is 0 Å². The molecular formula is C14H15N3O. The first-order valence-electron chi connectivity index (χ1n) is 5.74. The third-order valence-corrected chi connectivity index (χ3v) is 2.54. The number of anilines is 1. The van der Waals surface area contributed by atoms with Crippen molar-refractivity contribution < 1.29 is 5.11 Å². The largest absolute Gasteiger partial charge is 0.394 e. The van der Waals surface area contributed by atoms with Crippen LogP contribution in [-0.2, 0) is 13.1 Å². The van der Waals surface area contributed by atoms with E-state index in [1.54, 1.807) is 10.9 Å². The van der Waals surface area contributed by atoms with Crippen molar-refractivity contribution in [1.82, 2.24) is 9.78 Å². The van der Waals surface area contributed by atoms with Crippen LogP contribution in [0.4, 0.5) is 5.69 Å². The van der Waals surface area contributed by atoms with E-state index < -0.39 is 0 Å². The molecule has 4 nitrogen and oxygen atoms in total. The molecule has 0 amide bonds. The number of rotatable bonds is 5. The lowest BCUT2D eigenvalue weighted by molar-refractivity contribution is 0.269. The van der Waals surface area contributed by atoms with E-state index in [4.69, 9.17) is 11.5 Å². The van der Waals surface area contributed by atoms with Gasteiger partial charge in [-0.2, -0.15) is 5.10 Å². The van der Waals surface area contributed by atoms with Crippen LogP contribution in [0.3, 0.4) is 0 Å². The smallest absolute Gasteiger partial charge is 0.0640 e. The normalized spacial score (nSPS) is 10.0. The van der Waals surface area contributed by atoms with Crippen molar-refractivity contribution >= 4 is 5.69 Å². The fourth-order valence-electron chi connectivity index (χ4n) is 1.65. The molecule has 1 aromatic heterocycles. The van der Waals surface area contributed by atoms with Crippen LogP contribution in [0.2, 0.25) is 0 Å². The van der Waals surface area contributed by atoms with Gasteiger partial charge in [0.05, 0.1) is 19.3 Å². The van der Waals surface area contributed by atoms with Gasteiger partial charge >= 0.3 is 0 Å². The zero-order chi connectivity index (χ0) is 12.8. The molecule has 0 aliphatic heterocycles. The Morgan fingerprint density at radius 2 is 2.33 bits per heavy atom. The van der Waals surface area contributed by atoms with Crippen molar-refractivity contribution in [3.63, 3.8) is 0 Å². The number of benzene rings is 1. The molecule has 18 heavy (non-hydrogen) atoms. The SMILES string of the molecule is C#Cc1cccc(NCc2cnn(CCO)c2)c1. The van der Waals surface area contributed by atoms with Gasteiger partial charge in [-0.25, -0.2) is 0 Å². The minimum atomic E-state index is 0.0960. The molecule has 1 aromatic carbocycles. The summed E-state index contributed by atoms with van der Waals surface area (Å²) >= 11 is 0. The second kappa shape index (κ2) is 5.89. The maximum atomic E-state index is 8.80. The van der Waals surface area contributed by atoms with Crippen molar-refractivity contribution in [2.75, 3.05) is 11.9 Å². The van der Waals surface area contributed by atoms with Crippen molar-refractivity contribution in [3.8, 4) is 12.3 Å². The maximum Gasteiger partial charge on any atom is 0.0640 e. The van der Waals surface area contributed by atoms with Crippen LogP contribution in [0.15, 0.2) is 36.7 Å². The number of terminal acetylenes is 1. The Hall–Kier alpha value is -2.25. The van der Waals surface area contributed by atoms with Crippen molar-refractivity contribution in [3.05, 3.63) is 47.8 Å². The first kappa shape index (κ1) is 12.2. The van der Waals surface area contributed by atoms with Crippen LogP contribution >= 0.6 is 0 Å². The number of aliphatic hydroxyl groups excluding tert-OH is 1. The Morgan fingerprint density at radius 1 is 1.44 bits per heavy atom. The molecule has 0 unspecified atom stereocenters. The van der Waals surface area contributed by atoms with E-state index in [1.165, 1.54) is 0 Å². The van der Waals surface area contributed by atoms with Gasteiger partial charge < -0.3 is 10.4 Å². The third-order valence-electron chi connectivity index (χ3n) is 2.54. The number of aromatic nitrogens is 2. The minimum Gasteiger partial charge on any atom is -0.394 e. The topological polar surface area (TPSA) is 50.1 Å². The van der Waals surface area contributed by atoms with Crippen LogP contribution in [0.1, 0.15) is 11.1 Å². The summed E-state index contributed by atoms with van der Waals surface area (Å²) in [5.41, 5.74) is 2.91. The summed E-state index contributed by atoms with van der Waals surface area (Å²) in [6, 6.07) is 7.72. The van der Waals surface area contributed by atoms with Gasteiger partial charge in [-0.3, -0.25) is 4.68 Å². The molecule has 0 fully saturated rings. The Labute approximate surface area is 106 Å². The molecule has 2 N–H and O–H groups in total. The van der Waals surface area contributed by atoms with Gasteiger partial charge in [0.1, 0.15) is 0 Å². The zero-order valence-corrected chi connectivity index (χ0v) is 10.0. The molecule has 0 aliphatic carbocycles. The fourth-order valence-corrected chi connectivity index (χ4v) is 1.65. The summed E-state index contributed by atoms with van der Waals surface area (Å²) < 4.78 is 1.72. The average Bonchev–Trinajstić information content (AvgIpc) is 2.85. The van der Waals surface area contributed by atoms with E-state index in [1.807, 2.05) is 30.5 Å². The number of hydrogen-bond donors (Lipinski definition) is 2. The Kier molecular flexibility index (Phi) is 4.00. The second-order valence-corrected chi connectivity index (χ2v) is 3.91. The van der Waals surface area contributed by atoms with E-state index in [0.29, 0.717) is 13.1 Å². The predicted octanol–water partition coefficient (Wildman–Crippen LogP) is 1.47. The summed E-state index contributed by atoms with van der Waals surface area (Å²) in [5.74, 6) is 2.60. The molecule has 2 rings (SSSR count). The summed E-state index contributed by atoms with van der Waals surface area (Å²) in [5, 5.41) is 16.2. The van der Waals surface area contributed by atoms with Gasteiger partial charge in [-0.15, -0.1) is 6.42 Å². The molecule has 0 bridgehead atoms. The molecule has 0 saturated heterocycles. The molecule has 0 spiro atoms. The maximum absolute atomic E-state index is 8.80. The highest BCUT2D eigenvalue weighted by molar-refractivity contribution is 5.50. The summed E-state index contributed by atoms with van der Waals surface area (Å²) in [6.07, 6.45) is 9.04. The predicted molar refractivity (Wildman–Crippen MR) is 71.0 cm³/mol. The van der Waals surface area contributed by atoms with Crippen LogP contribution < -0.4 is 5.32 Å². The van der Waals surface area contributed by atoms with Gasteiger partial charge in [-0.1, -0.05) is 12.0 Å². The monoisotopic (exact) mass is 241 g/mol. The highest BCUT2D eigenvalue weighted by atomic mass is 16.3. The molecule has 0 radical (unpaired) electrons. The number of nitrogens with one attached hydrogen (secondary N) is 1. The summed E-state index contributed by atoms with van der Waals surface area (Å²) in [6.45, 7) is 1.30. The average molecular weight is 241 g/mol. The van der Waals surface area contributed by atoms with Crippen molar-refractivity contribution in [2.45, 2.75) is 13.1 Å². The molecule has 0 saturated carbocycles. The Bertz CT molecular complexity index is 554. The number of nitrogens with zero attached hydrogens (tertiary/aromatic N) is 2. The fraction of sp³-hybridized carbons (Fsp3) is 0.214. The number of hydrogen-bond acceptors (Lipinski definition) is 3. The molecule has 92 valence electrons. The lowest BCUT2D eigenvalue weighted by Gasteiger charge is -2.04. The highest BCUT2D eigenvalue weighted by Crippen LogP contribution is 2.11. The molecule has 0 atom stereocenters. The van der Waals surface area contributed by atoms with Gasteiger partial charge in [0, 0.05) is 29.6 Å². The lowest BCUT2D eigenvalue weighted by atomic mass is 10.2. The molecule has 1 heterocycles. The Balaban J connectivity index is 1.96. The summed E-state index contributed by atoms with van der Waals surface area (Å²) in [7, 11) is 0.